The first-order valence-corrected chi connectivity index (χ1v) is 9.90. The maximum atomic E-state index is 12.7. The van der Waals surface area contributed by atoms with Gasteiger partial charge >= 0.3 is 0 Å². The highest BCUT2D eigenvalue weighted by Crippen LogP contribution is 2.13. The second-order valence-electron chi connectivity index (χ2n) is 7.76. The molecule has 0 aliphatic carbocycles. The summed E-state index contributed by atoms with van der Waals surface area (Å²) in [5, 5.41) is 17.4. The van der Waals surface area contributed by atoms with Crippen molar-refractivity contribution in [3.05, 3.63) is 35.4 Å². The molecule has 0 spiro atoms. The van der Waals surface area contributed by atoms with Crippen LogP contribution in [0.25, 0.3) is 0 Å². The Balaban J connectivity index is 2.05. The Morgan fingerprint density at radius 2 is 2.18 bits per heavy atom. The van der Waals surface area contributed by atoms with E-state index in [-0.39, 0.29) is 24.3 Å². The minimum absolute atomic E-state index is 0.0678. The molecule has 28 heavy (non-hydrogen) atoms. The summed E-state index contributed by atoms with van der Waals surface area (Å²) < 4.78 is 0. The van der Waals surface area contributed by atoms with E-state index in [1.807, 2.05) is 38.1 Å². The fraction of sp³-hybridized carbons (Fsp3) is 0.571. The Bertz CT molecular complexity index is 713. The molecule has 2 rings (SSSR count). The zero-order valence-corrected chi connectivity index (χ0v) is 17.0. The molecule has 0 radical (unpaired) electrons. The van der Waals surface area contributed by atoms with E-state index in [1.165, 1.54) is 0 Å². The standard InChI is InChI=1S/C21H31N5O2/c1-15(2)11-19(21(28)24-8-7-22)25-20(27)18-6-4-5-17(12-18)14-26-10-9-23-13-16(26)3/h4-6,12,15-16,19,23H,8-11,13-14H2,1-3H3,(H,24,28)(H,25,27). The molecule has 7 heteroatoms. The maximum absolute atomic E-state index is 12.7. The summed E-state index contributed by atoms with van der Waals surface area (Å²) in [7, 11) is 0. The van der Waals surface area contributed by atoms with Crippen LogP contribution in [-0.2, 0) is 11.3 Å². The molecule has 1 aliphatic heterocycles. The third kappa shape index (κ3) is 6.63. The summed E-state index contributed by atoms with van der Waals surface area (Å²) in [5.74, 6) is -0.360. The van der Waals surface area contributed by atoms with Gasteiger partial charge in [-0.1, -0.05) is 26.0 Å². The molecule has 2 amide bonds. The first-order chi connectivity index (χ1) is 13.4. The molecule has 0 saturated carbocycles. The molecule has 0 aromatic heterocycles. The molecule has 1 aliphatic rings. The van der Waals surface area contributed by atoms with Gasteiger partial charge in [0.05, 0.1) is 6.07 Å². The largest absolute Gasteiger partial charge is 0.341 e. The molecule has 1 fully saturated rings. The van der Waals surface area contributed by atoms with E-state index in [9.17, 15) is 9.59 Å². The Morgan fingerprint density at radius 3 is 2.86 bits per heavy atom. The molecule has 2 unspecified atom stereocenters. The van der Waals surface area contributed by atoms with Gasteiger partial charge in [-0.2, -0.15) is 5.26 Å². The first kappa shape index (κ1) is 21.9. The van der Waals surface area contributed by atoms with Crippen molar-refractivity contribution in [3.8, 4) is 6.07 Å². The third-order valence-electron chi connectivity index (χ3n) is 4.88. The van der Waals surface area contributed by atoms with Crippen LogP contribution in [-0.4, -0.2) is 55.0 Å². The Kier molecular flexibility index (Phi) is 8.42. The molecular formula is C21H31N5O2. The highest BCUT2D eigenvalue weighted by atomic mass is 16.2. The normalized spacial score (nSPS) is 18.3. The van der Waals surface area contributed by atoms with Crippen molar-refractivity contribution in [1.82, 2.24) is 20.9 Å². The van der Waals surface area contributed by atoms with E-state index < -0.39 is 6.04 Å². The average Bonchev–Trinajstić information content (AvgIpc) is 2.67. The van der Waals surface area contributed by atoms with Crippen LogP contribution in [0, 0.1) is 17.2 Å². The number of carbonyl (C=O) groups excluding carboxylic acids is 2. The Morgan fingerprint density at radius 1 is 1.39 bits per heavy atom. The molecule has 1 heterocycles. The van der Waals surface area contributed by atoms with Crippen molar-refractivity contribution in [2.24, 2.45) is 5.92 Å². The topological polar surface area (TPSA) is 97.3 Å². The van der Waals surface area contributed by atoms with Crippen molar-refractivity contribution >= 4 is 11.8 Å². The minimum atomic E-state index is -0.655. The monoisotopic (exact) mass is 385 g/mol. The van der Waals surface area contributed by atoms with Crippen molar-refractivity contribution in [3.63, 3.8) is 0 Å². The SMILES string of the molecule is CC(C)CC(NC(=O)c1cccc(CN2CCNCC2C)c1)C(=O)NCC#N. The van der Waals surface area contributed by atoms with Crippen LogP contribution in [0.5, 0.6) is 0 Å². The fourth-order valence-corrected chi connectivity index (χ4v) is 3.36. The van der Waals surface area contributed by atoms with Crippen molar-refractivity contribution < 1.29 is 9.59 Å². The van der Waals surface area contributed by atoms with Crippen LogP contribution in [0.3, 0.4) is 0 Å². The minimum Gasteiger partial charge on any atom is -0.341 e. The average molecular weight is 386 g/mol. The predicted octanol–water partition coefficient (Wildman–Crippen LogP) is 1.26. The quantitative estimate of drug-likeness (QED) is 0.586. The van der Waals surface area contributed by atoms with E-state index in [1.54, 1.807) is 6.07 Å². The molecule has 3 N–H and O–H groups in total. The zero-order valence-electron chi connectivity index (χ0n) is 17.0. The third-order valence-corrected chi connectivity index (χ3v) is 4.88. The summed E-state index contributed by atoms with van der Waals surface area (Å²) in [6.07, 6.45) is 0.515. The van der Waals surface area contributed by atoms with Gasteiger partial charge in [-0.05, 0) is 37.0 Å². The fourth-order valence-electron chi connectivity index (χ4n) is 3.36. The lowest BCUT2D eigenvalue weighted by atomic mass is 10.0. The van der Waals surface area contributed by atoms with Gasteiger partial charge in [-0.15, -0.1) is 0 Å². The Hall–Kier alpha value is -2.43. The van der Waals surface area contributed by atoms with E-state index in [0.717, 1.165) is 31.7 Å². The van der Waals surface area contributed by atoms with Crippen molar-refractivity contribution in [2.45, 2.75) is 45.8 Å². The van der Waals surface area contributed by atoms with Gasteiger partial charge in [0.25, 0.3) is 5.91 Å². The summed E-state index contributed by atoms with van der Waals surface area (Å²) in [5.41, 5.74) is 1.62. The number of piperazine rings is 1. The van der Waals surface area contributed by atoms with Crippen LogP contribution in [0.15, 0.2) is 24.3 Å². The van der Waals surface area contributed by atoms with Crippen molar-refractivity contribution in [2.75, 3.05) is 26.2 Å². The summed E-state index contributed by atoms with van der Waals surface area (Å²) in [4.78, 5) is 27.4. The molecule has 152 valence electrons. The van der Waals surface area contributed by atoms with E-state index in [4.69, 9.17) is 5.26 Å². The molecular weight excluding hydrogens is 354 g/mol. The maximum Gasteiger partial charge on any atom is 0.251 e. The van der Waals surface area contributed by atoms with Crippen LogP contribution in [0.2, 0.25) is 0 Å². The molecule has 2 atom stereocenters. The molecule has 7 nitrogen and oxygen atoms in total. The van der Waals surface area contributed by atoms with Gasteiger partial charge in [-0.3, -0.25) is 14.5 Å². The molecule has 1 aromatic rings. The van der Waals surface area contributed by atoms with Gasteiger partial charge in [0.15, 0.2) is 0 Å². The molecule has 1 aromatic carbocycles. The highest BCUT2D eigenvalue weighted by molar-refractivity contribution is 5.97. The van der Waals surface area contributed by atoms with Crippen LogP contribution < -0.4 is 16.0 Å². The van der Waals surface area contributed by atoms with Gasteiger partial charge in [-0.25, -0.2) is 0 Å². The molecule has 1 saturated heterocycles. The predicted molar refractivity (Wildman–Crippen MR) is 109 cm³/mol. The second-order valence-corrected chi connectivity index (χ2v) is 7.76. The first-order valence-electron chi connectivity index (χ1n) is 9.90. The summed E-state index contributed by atoms with van der Waals surface area (Å²) >= 11 is 0. The number of nitrogens with one attached hydrogen (secondary N) is 3. The van der Waals surface area contributed by atoms with Gasteiger partial charge in [0, 0.05) is 37.8 Å². The van der Waals surface area contributed by atoms with E-state index >= 15 is 0 Å². The highest BCUT2D eigenvalue weighted by Gasteiger charge is 2.23. The second kappa shape index (κ2) is 10.8. The Labute approximate surface area is 167 Å². The van der Waals surface area contributed by atoms with Gasteiger partial charge in [0.1, 0.15) is 12.6 Å². The van der Waals surface area contributed by atoms with Crippen molar-refractivity contribution in [1.29, 1.82) is 5.26 Å². The van der Waals surface area contributed by atoms with Crippen LogP contribution in [0.4, 0.5) is 0 Å². The number of carbonyl (C=O) groups is 2. The van der Waals surface area contributed by atoms with Gasteiger partial charge in [0.2, 0.25) is 5.91 Å². The lowest BCUT2D eigenvalue weighted by molar-refractivity contribution is -0.123. The number of nitriles is 1. The smallest absolute Gasteiger partial charge is 0.251 e. The lowest BCUT2D eigenvalue weighted by Crippen LogP contribution is -2.49. The number of nitrogens with zero attached hydrogens (tertiary/aromatic N) is 2. The number of benzene rings is 1. The number of hydrogen-bond acceptors (Lipinski definition) is 5. The zero-order chi connectivity index (χ0) is 20.5. The van der Waals surface area contributed by atoms with Crippen LogP contribution >= 0.6 is 0 Å². The number of rotatable bonds is 8. The molecule has 0 bridgehead atoms. The number of hydrogen-bond donors (Lipinski definition) is 3. The van der Waals surface area contributed by atoms with Crippen LogP contribution in [0.1, 0.15) is 43.1 Å². The number of amides is 2. The summed E-state index contributed by atoms with van der Waals surface area (Å²) in [6.45, 7) is 9.82. The summed E-state index contributed by atoms with van der Waals surface area (Å²) in [6, 6.07) is 9.24. The lowest BCUT2D eigenvalue weighted by Gasteiger charge is -2.33. The van der Waals surface area contributed by atoms with E-state index in [2.05, 4.69) is 27.8 Å². The van der Waals surface area contributed by atoms with E-state index in [0.29, 0.717) is 18.0 Å². The van der Waals surface area contributed by atoms with Gasteiger partial charge < -0.3 is 16.0 Å².